The SMILES string of the molecule is Cc1cc(C)cc(Cc2c(C)ccnc2N)c1. The molecule has 0 aliphatic carbocycles. The van der Waals surface area contributed by atoms with Crippen molar-refractivity contribution >= 4 is 5.82 Å². The molecule has 2 nitrogen and oxygen atoms in total. The van der Waals surface area contributed by atoms with Crippen molar-refractivity contribution in [3.63, 3.8) is 0 Å². The number of hydrogen-bond acceptors (Lipinski definition) is 2. The summed E-state index contributed by atoms with van der Waals surface area (Å²) in [5.74, 6) is 0.643. The lowest BCUT2D eigenvalue weighted by molar-refractivity contribution is 1.11. The molecular formula is C15H18N2. The third-order valence-corrected chi connectivity index (χ3v) is 2.99. The van der Waals surface area contributed by atoms with Gasteiger partial charge in [-0.3, -0.25) is 0 Å². The van der Waals surface area contributed by atoms with Crippen molar-refractivity contribution in [2.24, 2.45) is 0 Å². The molecule has 88 valence electrons. The average molecular weight is 226 g/mol. The zero-order valence-electron chi connectivity index (χ0n) is 10.6. The Labute approximate surface area is 103 Å². The van der Waals surface area contributed by atoms with Crippen LogP contribution in [-0.2, 0) is 6.42 Å². The lowest BCUT2D eigenvalue weighted by atomic mass is 9.98. The Morgan fingerprint density at radius 3 is 2.29 bits per heavy atom. The van der Waals surface area contributed by atoms with Crippen LogP contribution in [0.15, 0.2) is 30.5 Å². The molecule has 0 unspecified atom stereocenters. The van der Waals surface area contributed by atoms with Crippen molar-refractivity contribution in [2.45, 2.75) is 27.2 Å². The van der Waals surface area contributed by atoms with Gasteiger partial charge < -0.3 is 5.73 Å². The minimum atomic E-state index is 0.643. The molecule has 0 fully saturated rings. The van der Waals surface area contributed by atoms with Gasteiger partial charge in [-0.25, -0.2) is 4.98 Å². The molecule has 17 heavy (non-hydrogen) atoms. The minimum Gasteiger partial charge on any atom is -0.383 e. The van der Waals surface area contributed by atoms with E-state index in [4.69, 9.17) is 5.73 Å². The maximum Gasteiger partial charge on any atom is 0.127 e. The first-order chi connectivity index (χ1) is 8.06. The molecule has 0 saturated heterocycles. The van der Waals surface area contributed by atoms with Crippen LogP contribution in [0, 0.1) is 20.8 Å². The summed E-state index contributed by atoms with van der Waals surface area (Å²) in [7, 11) is 0. The van der Waals surface area contributed by atoms with Crippen molar-refractivity contribution in [3.05, 3.63) is 58.3 Å². The number of nitrogens with two attached hydrogens (primary N) is 1. The van der Waals surface area contributed by atoms with E-state index < -0.39 is 0 Å². The molecule has 2 N–H and O–H groups in total. The van der Waals surface area contributed by atoms with Crippen LogP contribution in [0.1, 0.15) is 27.8 Å². The summed E-state index contributed by atoms with van der Waals surface area (Å²) in [5, 5.41) is 0. The van der Waals surface area contributed by atoms with Crippen molar-refractivity contribution in [3.8, 4) is 0 Å². The van der Waals surface area contributed by atoms with Gasteiger partial charge in [-0.05, 0) is 38.0 Å². The predicted octanol–water partition coefficient (Wildman–Crippen LogP) is 3.18. The number of nitrogen functional groups attached to an aromatic ring is 1. The standard InChI is InChI=1S/C15H18N2/c1-10-6-11(2)8-13(7-10)9-14-12(3)4-5-17-15(14)16/h4-8H,9H2,1-3H3,(H2,16,17). The lowest BCUT2D eigenvalue weighted by Gasteiger charge is -2.10. The number of rotatable bonds is 2. The van der Waals surface area contributed by atoms with E-state index in [0.717, 1.165) is 12.0 Å². The highest BCUT2D eigenvalue weighted by Crippen LogP contribution is 2.19. The summed E-state index contributed by atoms with van der Waals surface area (Å²) < 4.78 is 0. The van der Waals surface area contributed by atoms with E-state index in [2.05, 4.69) is 44.0 Å². The van der Waals surface area contributed by atoms with Gasteiger partial charge in [-0.2, -0.15) is 0 Å². The molecule has 0 aliphatic rings. The van der Waals surface area contributed by atoms with Crippen molar-refractivity contribution in [1.29, 1.82) is 0 Å². The smallest absolute Gasteiger partial charge is 0.127 e. The minimum absolute atomic E-state index is 0.643. The number of hydrogen-bond donors (Lipinski definition) is 1. The fourth-order valence-corrected chi connectivity index (χ4v) is 2.22. The Bertz CT molecular complexity index is 504. The van der Waals surface area contributed by atoms with Gasteiger partial charge in [0.1, 0.15) is 5.82 Å². The first-order valence-electron chi connectivity index (χ1n) is 5.83. The molecule has 0 saturated carbocycles. The van der Waals surface area contributed by atoms with E-state index in [0.29, 0.717) is 5.82 Å². The van der Waals surface area contributed by atoms with Crippen LogP contribution in [0.25, 0.3) is 0 Å². The highest BCUT2D eigenvalue weighted by atomic mass is 14.8. The van der Waals surface area contributed by atoms with Crippen LogP contribution in [0.4, 0.5) is 5.82 Å². The Morgan fingerprint density at radius 2 is 1.71 bits per heavy atom. The summed E-state index contributed by atoms with van der Waals surface area (Å²) in [6.45, 7) is 6.32. The third-order valence-electron chi connectivity index (χ3n) is 2.99. The third kappa shape index (κ3) is 2.64. The van der Waals surface area contributed by atoms with Gasteiger partial charge in [0, 0.05) is 18.2 Å². The number of aromatic nitrogens is 1. The second-order valence-corrected chi connectivity index (χ2v) is 4.66. The lowest BCUT2D eigenvalue weighted by Crippen LogP contribution is -2.01. The van der Waals surface area contributed by atoms with Crippen molar-refractivity contribution < 1.29 is 0 Å². The number of pyridine rings is 1. The van der Waals surface area contributed by atoms with E-state index in [1.54, 1.807) is 6.20 Å². The Kier molecular flexibility index (Phi) is 3.14. The van der Waals surface area contributed by atoms with Gasteiger partial charge in [-0.15, -0.1) is 0 Å². The van der Waals surface area contributed by atoms with Gasteiger partial charge in [-0.1, -0.05) is 29.3 Å². The zero-order valence-corrected chi connectivity index (χ0v) is 10.6. The van der Waals surface area contributed by atoms with E-state index in [-0.39, 0.29) is 0 Å². The quantitative estimate of drug-likeness (QED) is 0.854. The summed E-state index contributed by atoms with van der Waals surface area (Å²) in [5.41, 5.74) is 12.2. The Morgan fingerprint density at radius 1 is 1.06 bits per heavy atom. The average Bonchev–Trinajstić information content (AvgIpc) is 2.22. The summed E-state index contributed by atoms with van der Waals surface area (Å²) in [6, 6.07) is 8.61. The highest BCUT2D eigenvalue weighted by molar-refractivity contribution is 5.47. The molecular weight excluding hydrogens is 208 g/mol. The summed E-state index contributed by atoms with van der Waals surface area (Å²) in [4.78, 5) is 4.16. The molecule has 2 aromatic rings. The second kappa shape index (κ2) is 4.58. The zero-order chi connectivity index (χ0) is 12.4. The highest BCUT2D eigenvalue weighted by Gasteiger charge is 2.06. The van der Waals surface area contributed by atoms with Gasteiger partial charge in [0.2, 0.25) is 0 Å². The monoisotopic (exact) mass is 226 g/mol. The molecule has 0 bridgehead atoms. The maximum atomic E-state index is 5.93. The first-order valence-corrected chi connectivity index (χ1v) is 5.83. The summed E-state index contributed by atoms with van der Waals surface area (Å²) in [6.07, 6.45) is 2.61. The number of nitrogens with zero attached hydrogens (tertiary/aromatic N) is 1. The molecule has 1 heterocycles. The van der Waals surface area contributed by atoms with E-state index in [9.17, 15) is 0 Å². The molecule has 0 amide bonds. The summed E-state index contributed by atoms with van der Waals surface area (Å²) >= 11 is 0. The Hall–Kier alpha value is -1.83. The van der Waals surface area contributed by atoms with Gasteiger partial charge in [0.25, 0.3) is 0 Å². The molecule has 1 aromatic carbocycles. The molecule has 0 spiro atoms. The van der Waals surface area contributed by atoms with Crippen molar-refractivity contribution in [2.75, 3.05) is 5.73 Å². The first kappa shape index (κ1) is 11.6. The van der Waals surface area contributed by atoms with E-state index in [1.165, 1.54) is 22.3 Å². The normalized spacial score (nSPS) is 10.5. The molecule has 2 heteroatoms. The van der Waals surface area contributed by atoms with Crippen LogP contribution >= 0.6 is 0 Å². The number of anilines is 1. The molecule has 0 atom stereocenters. The second-order valence-electron chi connectivity index (χ2n) is 4.66. The van der Waals surface area contributed by atoms with Crippen LogP contribution in [0.3, 0.4) is 0 Å². The largest absolute Gasteiger partial charge is 0.383 e. The maximum absolute atomic E-state index is 5.93. The van der Waals surface area contributed by atoms with Gasteiger partial charge in [0.15, 0.2) is 0 Å². The van der Waals surface area contributed by atoms with Crippen LogP contribution in [0.5, 0.6) is 0 Å². The van der Waals surface area contributed by atoms with E-state index >= 15 is 0 Å². The number of benzene rings is 1. The molecule has 0 radical (unpaired) electrons. The van der Waals surface area contributed by atoms with E-state index in [1.807, 2.05) is 6.07 Å². The molecule has 1 aromatic heterocycles. The van der Waals surface area contributed by atoms with Crippen molar-refractivity contribution in [1.82, 2.24) is 4.98 Å². The topological polar surface area (TPSA) is 38.9 Å². The van der Waals surface area contributed by atoms with Crippen LogP contribution in [-0.4, -0.2) is 4.98 Å². The Balaban J connectivity index is 2.38. The fraction of sp³-hybridized carbons (Fsp3) is 0.267. The number of aryl methyl sites for hydroxylation is 3. The van der Waals surface area contributed by atoms with Crippen LogP contribution < -0.4 is 5.73 Å². The van der Waals surface area contributed by atoms with Gasteiger partial charge in [0.05, 0.1) is 0 Å². The molecule has 2 rings (SSSR count). The van der Waals surface area contributed by atoms with Crippen LogP contribution in [0.2, 0.25) is 0 Å². The van der Waals surface area contributed by atoms with Gasteiger partial charge >= 0.3 is 0 Å². The predicted molar refractivity (Wildman–Crippen MR) is 72.1 cm³/mol. The fourth-order valence-electron chi connectivity index (χ4n) is 2.22. The molecule has 0 aliphatic heterocycles.